The fourth-order valence-electron chi connectivity index (χ4n) is 2.71. The number of nitrogens with one attached hydrogen (secondary N) is 1. The minimum Gasteiger partial charge on any atom is -0.503 e. The van der Waals surface area contributed by atoms with Gasteiger partial charge in [-0.1, -0.05) is 6.07 Å². The Morgan fingerprint density at radius 3 is 2.64 bits per heavy atom. The molecule has 1 aromatic carbocycles. The number of esters is 1. The maximum Gasteiger partial charge on any atom is 0.416 e. The first kappa shape index (κ1) is 19.3. The van der Waals surface area contributed by atoms with Gasteiger partial charge in [0.05, 0.1) is 11.1 Å². The molecule has 0 unspecified atom stereocenters. The Labute approximate surface area is 154 Å². The van der Waals surface area contributed by atoms with E-state index >= 15 is 0 Å². The highest BCUT2D eigenvalue weighted by Gasteiger charge is 2.33. The van der Waals surface area contributed by atoms with Gasteiger partial charge in [0.2, 0.25) is 5.75 Å². The molecular formula is C18H12F4N2O4. The normalized spacial score (nSPS) is 11.6. The number of aromatic amines is 1. The van der Waals surface area contributed by atoms with Crippen LogP contribution >= 0.6 is 0 Å². The second kappa shape index (κ2) is 6.95. The molecule has 0 radical (unpaired) electrons. The lowest BCUT2D eigenvalue weighted by molar-refractivity contribution is -0.138. The number of ether oxygens (including phenoxy) is 1. The highest BCUT2D eigenvalue weighted by atomic mass is 19.4. The Morgan fingerprint density at radius 2 is 2.00 bits per heavy atom. The van der Waals surface area contributed by atoms with Gasteiger partial charge in [-0.2, -0.15) is 13.2 Å². The monoisotopic (exact) mass is 396 g/mol. The standard InChI is InChI=1S/C18H12F4N2O4/c1-8(25)28-16-15(26)14-13(24-17(16)27)5-9(7-23-14)4-10-2-3-11(19)6-12(10)18(20,21)22/h2-3,5-7H,4H2,1H3,(H2,24,26,27). The lowest BCUT2D eigenvalue weighted by Crippen LogP contribution is -2.15. The minimum absolute atomic E-state index is 0.0339. The van der Waals surface area contributed by atoms with E-state index in [1.165, 1.54) is 12.3 Å². The van der Waals surface area contributed by atoms with E-state index in [4.69, 9.17) is 0 Å². The molecule has 0 fully saturated rings. The number of aromatic nitrogens is 2. The number of carbonyl (C=O) groups is 1. The van der Waals surface area contributed by atoms with E-state index in [0.717, 1.165) is 19.1 Å². The van der Waals surface area contributed by atoms with E-state index in [1.54, 1.807) is 0 Å². The van der Waals surface area contributed by atoms with Gasteiger partial charge < -0.3 is 14.8 Å². The number of fused-ring (bicyclic) bond motifs is 1. The zero-order valence-corrected chi connectivity index (χ0v) is 14.2. The van der Waals surface area contributed by atoms with E-state index in [9.17, 15) is 32.3 Å². The van der Waals surface area contributed by atoms with E-state index in [0.29, 0.717) is 6.07 Å². The van der Waals surface area contributed by atoms with Crippen LogP contribution in [0.2, 0.25) is 0 Å². The van der Waals surface area contributed by atoms with Gasteiger partial charge >= 0.3 is 12.1 Å². The minimum atomic E-state index is -4.74. The third-order valence-electron chi connectivity index (χ3n) is 3.86. The van der Waals surface area contributed by atoms with Gasteiger partial charge in [-0.15, -0.1) is 0 Å². The van der Waals surface area contributed by atoms with E-state index in [1.807, 2.05) is 0 Å². The van der Waals surface area contributed by atoms with Crippen LogP contribution in [-0.2, 0) is 17.4 Å². The molecule has 0 spiro atoms. The molecule has 0 atom stereocenters. The summed E-state index contributed by atoms with van der Waals surface area (Å²) in [4.78, 5) is 29.3. The molecule has 0 saturated carbocycles. The van der Waals surface area contributed by atoms with E-state index < -0.39 is 40.6 Å². The van der Waals surface area contributed by atoms with Gasteiger partial charge in [-0.25, -0.2) is 4.39 Å². The Balaban J connectivity index is 2.05. The Kier molecular flexibility index (Phi) is 4.80. The maximum absolute atomic E-state index is 13.2. The van der Waals surface area contributed by atoms with E-state index in [2.05, 4.69) is 14.7 Å². The van der Waals surface area contributed by atoms with Crippen molar-refractivity contribution >= 4 is 17.0 Å². The molecule has 10 heteroatoms. The molecule has 2 heterocycles. The molecule has 6 nitrogen and oxygen atoms in total. The maximum atomic E-state index is 13.2. The highest BCUT2D eigenvalue weighted by molar-refractivity contribution is 5.84. The van der Waals surface area contributed by atoms with Crippen molar-refractivity contribution in [3.63, 3.8) is 0 Å². The van der Waals surface area contributed by atoms with Gasteiger partial charge in [0.1, 0.15) is 11.3 Å². The molecule has 0 bridgehead atoms. The van der Waals surface area contributed by atoms with Crippen molar-refractivity contribution in [2.75, 3.05) is 0 Å². The molecule has 146 valence electrons. The van der Waals surface area contributed by atoms with Gasteiger partial charge in [0, 0.05) is 13.1 Å². The SMILES string of the molecule is CC(=O)Oc1c(O)c2ncc(Cc3ccc(F)cc3C(F)(F)F)cc2[nH]c1=O. The molecule has 2 aromatic heterocycles. The molecule has 0 saturated heterocycles. The lowest BCUT2D eigenvalue weighted by atomic mass is 10.00. The third kappa shape index (κ3) is 3.80. The van der Waals surface area contributed by atoms with Crippen LogP contribution in [0.5, 0.6) is 11.5 Å². The highest BCUT2D eigenvalue weighted by Crippen LogP contribution is 2.34. The van der Waals surface area contributed by atoms with Crippen molar-refractivity contribution in [1.82, 2.24) is 9.97 Å². The summed E-state index contributed by atoms with van der Waals surface area (Å²) in [6.45, 7) is 1.04. The van der Waals surface area contributed by atoms with Crippen LogP contribution < -0.4 is 10.3 Å². The van der Waals surface area contributed by atoms with Crippen LogP contribution in [0.3, 0.4) is 0 Å². The fourth-order valence-corrected chi connectivity index (χ4v) is 2.71. The van der Waals surface area contributed by atoms with Gasteiger partial charge in [0.15, 0.2) is 5.75 Å². The number of pyridine rings is 2. The molecule has 0 amide bonds. The number of aromatic hydroxyl groups is 1. The van der Waals surface area contributed by atoms with E-state index in [-0.39, 0.29) is 28.6 Å². The number of H-pyrrole nitrogens is 1. The summed E-state index contributed by atoms with van der Waals surface area (Å²) < 4.78 is 57.3. The smallest absolute Gasteiger partial charge is 0.416 e. The van der Waals surface area contributed by atoms with Crippen LogP contribution in [0.4, 0.5) is 17.6 Å². The van der Waals surface area contributed by atoms with Gasteiger partial charge in [-0.05, 0) is 35.7 Å². The number of halogens is 4. The van der Waals surface area contributed by atoms with Crippen LogP contribution in [0.1, 0.15) is 23.6 Å². The second-order valence-corrected chi connectivity index (χ2v) is 5.94. The van der Waals surface area contributed by atoms with Crippen LogP contribution in [-0.4, -0.2) is 21.0 Å². The molecule has 0 aliphatic carbocycles. The zero-order chi connectivity index (χ0) is 20.6. The average Bonchev–Trinajstić information content (AvgIpc) is 2.59. The second-order valence-electron chi connectivity index (χ2n) is 5.94. The van der Waals surface area contributed by atoms with Crippen molar-refractivity contribution < 1.29 is 32.2 Å². The number of hydrogen-bond acceptors (Lipinski definition) is 5. The van der Waals surface area contributed by atoms with Crippen molar-refractivity contribution in [3.05, 3.63) is 63.3 Å². The lowest BCUT2D eigenvalue weighted by Gasteiger charge is -2.13. The van der Waals surface area contributed by atoms with Crippen LogP contribution in [0.15, 0.2) is 35.3 Å². The Hall–Kier alpha value is -3.43. The Morgan fingerprint density at radius 1 is 1.29 bits per heavy atom. The number of benzene rings is 1. The Bertz CT molecular complexity index is 1140. The largest absolute Gasteiger partial charge is 0.503 e. The number of alkyl halides is 3. The molecule has 2 N–H and O–H groups in total. The number of carbonyl (C=O) groups excluding carboxylic acids is 1. The number of hydrogen-bond donors (Lipinski definition) is 2. The summed E-state index contributed by atoms with van der Waals surface area (Å²) in [7, 11) is 0. The molecule has 28 heavy (non-hydrogen) atoms. The zero-order valence-electron chi connectivity index (χ0n) is 14.2. The average molecular weight is 396 g/mol. The molecule has 0 aliphatic rings. The van der Waals surface area contributed by atoms with Crippen molar-refractivity contribution in [1.29, 1.82) is 0 Å². The first-order chi connectivity index (χ1) is 13.1. The van der Waals surface area contributed by atoms with Crippen molar-refractivity contribution in [3.8, 4) is 11.5 Å². The molecule has 0 aliphatic heterocycles. The van der Waals surface area contributed by atoms with Gasteiger partial charge in [-0.3, -0.25) is 14.6 Å². The predicted octanol–water partition coefficient (Wildman–Crippen LogP) is 3.30. The van der Waals surface area contributed by atoms with Gasteiger partial charge in [0.25, 0.3) is 5.56 Å². The summed E-state index contributed by atoms with van der Waals surface area (Å²) in [5, 5.41) is 10.1. The number of rotatable bonds is 3. The first-order valence-electron chi connectivity index (χ1n) is 7.84. The molecule has 3 rings (SSSR count). The third-order valence-corrected chi connectivity index (χ3v) is 3.86. The van der Waals surface area contributed by atoms with Crippen molar-refractivity contribution in [2.45, 2.75) is 19.5 Å². The summed E-state index contributed by atoms with van der Waals surface area (Å²) in [5.41, 5.74) is -1.99. The summed E-state index contributed by atoms with van der Waals surface area (Å²) in [5.74, 6) is -3.14. The van der Waals surface area contributed by atoms with Crippen molar-refractivity contribution in [2.24, 2.45) is 0 Å². The first-order valence-corrected chi connectivity index (χ1v) is 7.84. The summed E-state index contributed by atoms with van der Waals surface area (Å²) in [6.07, 6.45) is -3.79. The van der Waals surface area contributed by atoms with Crippen LogP contribution in [0, 0.1) is 5.82 Å². The topological polar surface area (TPSA) is 92.3 Å². The molecule has 3 aromatic rings. The quantitative estimate of drug-likeness (QED) is 0.524. The molecular weight excluding hydrogens is 384 g/mol. The van der Waals surface area contributed by atoms with Crippen LogP contribution in [0.25, 0.3) is 11.0 Å². The predicted molar refractivity (Wildman–Crippen MR) is 89.5 cm³/mol. The number of nitrogens with zero attached hydrogens (tertiary/aromatic N) is 1. The summed E-state index contributed by atoms with van der Waals surface area (Å²) in [6, 6.07) is 3.66. The fraction of sp³-hybridized carbons (Fsp3) is 0.167. The summed E-state index contributed by atoms with van der Waals surface area (Å²) >= 11 is 0.